The SMILES string of the molecule is CN(C)c1nccnc1NC1CCN(C(=O)N2CCCCC2)CC1. The van der Waals surface area contributed by atoms with Crippen LogP contribution in [0.25, 0.3) is 0 Å². The molecule has 0 bridgehead atoms. The molecule has 1 N–H and O–H groups in total. The van der Waals surface area contributed by atoms with Crippen molar-refractivity contribution in [3.63, 3.8) is 0 Å². The number of nitrogens with one attached hydrogen (secondary N) is 1. The van der Waals surface area contributed by atoms with Gasteiger partial charge in [0, 0.05) is 58.7 Å². The van der Waals surface area contributed by atoms with Crippen LogP contribution in [0.3, 0.4) is 0 Å². The molecule has 24 heavy (non-hydrogen) atoms. The molecule has 0 unspecified atom stereocenters. The molecule has 1 aromatic heterocycles. The highest BCUT2D eigenvalue weighted by Crippen LogP contribution is 2.22. The minimum atomic E-state index is 0.224. The van der Waals surface area contributed by atoms with Gasteiger partial charge in [0.25, 0.3) is 0 Å². The van der Waals surface area contributed by atoms with Gasteiger partial charge in [0.2, 0.25) is 0 Å². The zero-order valence-corrected chi connectivity index (χ0v) is 14.7. The van der Waals surface area contributed by atoms with Crippen LogP contribution in [0.15, 0.2) is 12.4 Å². The molecule has 132 valence electrons. The summed E-state index contributed by atoms with van der Waals surface area (Å²) < 4.78 is 0. The number of carbonyl (C=O) groups is 1. The van der Waals surface area contributed by atoms with Crippen LogP contribution in [0.1, 0.15) is 32.1 Å². The fourth-order valence-corrected chi connectivity index (χ4v) is 3.45. The molecule has 3 heterocycles. The van der Waals surface area contributed by atoms with Crippen molar-refractivity contribution in [3.05, 3.63) is 12.4 Å². The van der Waals surface area contributed by atoms with Crippen molar-refractivity contribution in [2.75, 3.05) is 50.5 Å². The van der Waals surface area contributed by atoms with Crippen LogP contribution in [-0.4, -0.2) is 72.1 Å². The van der Waals surface area contributed by atoms with E-state index in [2.05, 4.69) is 15.3 Å². The first-order valence-corrected chi connectivity index (χ1v) is 8.94. The van der Waals surface area contributed by atoms with E-state index in [0.29, 0.717) is 6.04 Å². The quantitative estimate of drug-likeness (QED) is 0.917. The van der Waals surface area contributed by atoms with Gasteiger partial charge in [0.05, 0.1) is 0 Å². The number of hydrogen-bond acceptors (Lipinski definition) is 5. The number of nitrogens with zero attached hydrogens (tertiary/aromatic N) is 5. The number of aromatic nitrogens is 2. The minimum Gasteiger partial charge on any atom is -0.364 e. The lowest BCUT2D eigenvalue weighted by Crippen LogP contribution is -2.49. The Balaban J connectivity index is 1.53. The summed E-state index contributed by atoms with van der Waals surface area (Å²) in [5.74, 6) is 1.67. The molecule has 1 aromatic rings. The zero-order chi connectivity index (χ0) is 16.9. The van der Waals surface area contributed by atoms with Crippen LogP contribution in [0, 0.1) is 0 Å². The summed E-state index contributed by atoms with van der Waals surface area (Å²) in [6, 6.07) is 0.562. The number of hydrogen-bond donors (Lipinski definition) is 1. The largest absolute Gasteiger partial charge is 0.364 e. The molecule has 0 atom stereocenters. The van der Waals surface area contributed by atoms with E-state index in [9.17, 15) is 4.79 Å². The van der Waals surface area contributed by atoms with Crippen molar-refractivity contribution in [1.82, 2.24) is 19.8 Å². The molecule has 2 saturated heterocycles. The Hall–Kier alpha value is -2.05. The van der Waals surface area contributed by atoms with Gasteiger partial charge >= 0.3 is 6.03 Å². The Morgan fingerprint density at radius 3 is 2.33 bits per heavy atom. The minimum absolute atomic E-state index is 0.224. The maximum Gasteiger partial charge on any atom is 0.319 e. The van der Waals surface area contributed by atoms with Crippen molar-refractivity contribution in [1.29, 1.82) is 0 Å². The second kappa shape index (κ2) is 7.68. The number of likely N-dealkylation sites (tertiary alicyclic amines) is 2. The van der Waals surface area contributed by atoms with Crippen LogP contribution >= 0.6 is 0 Å². The van der Waals surface area contributed by atoms with Gasteiger partial charge in [0.1, 0.15) is 0 Å². The third-order valence-electron chi connectivity index (χ3n) is 4.84. The van der Waals surface area contributed by atoms with Crippen molar-refractivity contribution >= 4 is 17.7 Å². The molecule has 3 rings (SSSR count). The number of urea groups is 1. The van der Waals surface area contributed by atoms with E-state index in [1.807, 2.05) is 28.8 Å². The van der Waals surface area contributed by atoms with Crippen molar-refractivity contribution in [3.8, 4) is 0 Å². The van der Waals surface area contributed by atoms with E-state index in [-0.39, 0.29) is 6.03 Å². The molecule has 0 aromatic carbocycles. The third kappa shape index (κ3) is 3.88. The second-order valence-corrected chi connectivity index (χ2v) is 6.86. The Kier molecular flexibility index (Phi) is 5.37. The zero-order valence-electron chi connectivity index (χ0n) is 14.7. The summed E-state index contributed by atoms with van der Waals surface area (Å²) in [4.78, 5) is 27.3. The average Bonchev–Trinajstić information content (AvgIpc) is 2.63. The number of amides is 2. The van der Waals surface area contributed by atoms with E-state index in [4.69, 9.17) is 0 Å². The lowest BCUT2D eigenvalue weighted by atomic mass is 10.1. The third-order valence-corrected chi connectivity index (χ3v) is 4.84. The molecule has 2 aliphatic rings. The Morgan fingerprint density at radius 2 is 1.67 bits per heavy atom. The summed E-state index contributed by atoms with van der Waals surface area (Å²) in [5.41, 5.74) is 0. The molecular weight excluding hydrogens is 304 g/mol. The smallest absolute Gasteiger partial charge is 0.319 e. The molecule has 0 spiro atoms. The van der Waals surface area contributed by atoms with Crippen LogP contribution in [0.4, 0.5) is 16.4 Å². The predicted octanol–water partition coefficient (Wildman–Crippen LogP) is 2.02. The monoisotopic (exact) mass is 332 g/mol. The number of anilines is 2. The van der Waals surface area contributed by atoms with E-state index in [0.717, 1.165) is 63.5 Å². The van der Waals surface area contributed by atoms with Crippen LogP contribution in [0.2, 0.25) is 0 Å². The number of carbonyl (C=O) groups excluding carboxylic acids is 1. The summed E-state index contributed by atoms with van der Waals surface area (Å²) in [6.07, 6.45) is 8.85. The van der Waals surface area contributed by atoms with Crippen LogP contribution < -0.4 is 10.2 Å². The maximum absolute atomic E-state index is 12.6. The van der Waals surface area contributed by atoms with Crippen LogP contribution in [-0.2, 0) is 0 Å². The standard InChI is InChI=1S/C17H28N6O/c1-21(2)16-15(18-8-9-19-16)20-14-6-12-23(13-7-14)17(24)22-10-4-3-5-11-22/h8-9,14H,3-7,10-13H2,1-2H3,(H,18,20). The van der Waals surface area contributed by atoms with Crippen molar-refractivity contribution < 1.29 is 4.79 Å². The van der Waals surface area contributed by atoms with Crippen molar-refractivity contribution in [2.24, 2.45) is 0 Å². The summed E-state index contributed by atoms with van der Waals surface area (Å²) in [7, 11) is 3.93. The molecule has 2 fully saturated rings. The van der Waals surface area contributed by atoms with E-state index in [1.54, 1.807) is 12.4 Å². The van der Waals surface area contributed by atoms with E-state index >= 15 is 0 Å². The molecular formula is C17H28N6O. The molecule has 0 aliphatic carbocycles. The van der Waals surface area contributed by atoms with Gasteiger partial charge in [-0.3, -0.25) is 0 Å². The topological polar surface area (TPSA) is 64.6 Å². The average molecular weight is 332 g/mol. The Morgan fingerprint density at radius 1 is 1.04 bits per heavy atom. The second-order valence-electron chi connectivity index (χ2n) is 6.86. The van der Waals surface area contributed by atoms with Gasteiger partial charge in [-0.05, 0) is 32.1 Å². The fourth-order valence-electron chi connectivity index (χ4n) is 3.45. The van der Waals surface area contributed by atoms with Gasteiger partial charge in [0.15, 0.2) is 11.6 Å². The van der Waals surface area contributed by atoms with Crippen molar-refractivity contribution in [2.45, 2.75) is 38.1 Å². The highest BCUT2D eigenvalue weighted by atomic mass is 16.2. The van der Waals surface area contributed by atoms with Gasteiger partial charge in [-0.1, -0.05) is 0 Å². The summed E-state index contributed by atoms with van der Waals surface area (Å²) >= 11 is 0. The first-order valence-electron chi connectivity index (χ1n) is 8.94. The Labute approximate surface area is 144 Å². The molecule has 0 saturated carbocycles. The lowest BCUT2D eigenvalue weighted by Gasteiger charge is -2.37. The highest BCUT2D eigenvalue weighted by molar-refractivity contribution is 5.74. The Bertz CT molecular complexity index is 550. The van der Waals surface area contributed by atoms with Gasteiger partial charge in [-0.15, -0.1) is 0 Å². The van der Waals surface area contributed by atoms with Gasteiger partial charge in [-0.25, -0.2) is 14.8 Å². The maximum atomic E-state index is 12.6. The molecule has 2 amide bonds. The molecule has 7 heteroatoms. The number of piperidine rings is 2. The first-order chi connectivity index (χ1) is 11.6. The van der Waals surface area contributed by atoms with E-state index in [1.165, 1.54) is 6.42 Å². The number of rotatable bonds is 3. The fraction of sp³-hybridized carbons (Fsp3) is 0.706. The summed E-state index contributed by atoms with van der Waals surface area (Å²) in [6.45, 7) is 3.46. The molecule has 2 aliphatic heterocycles. The molecule has 7 nitrogen and oxygen atoms in total. The summed E-state index contributed by atoms with van der Waals surface area (Å²) in [5, 5.41) is 3.50. The normalized spacial score (nSPS) is 19.2. The lowest BCUT2D eigenvalue weighted by molar-refractivity contribution is 0.133. The molecule has 0 radical (unpaired) electrons. The van der Waals surface area contributed by atoms with Crippen LogP contribution in [0.5, 0.6) is 0 Å². The first kappa shape index (κ1) is 16.8. The van der Waals surface area contributed by atoms with E-state index < -0.39 is 0 Å². The highest BCUT2D eigenvalue weighted by Gasteiger charge is 2.27. The van der Waals surface area contributed by atoms with Gasteiger partial charge in [-0.2, -0.15) is 0 Å². The van der Waals surface area contributed by atoms with Gasteiger partial charge < -0.3 is 20.0 Å². The predicted molar refractivity (Wildman–Crippen MR) is 95.4 cm³/mol.